The number of pyridine rings is 1. The number of nitrogens with zero attached hydrogens (tertiary/aromatic N) is 6. The summed E-state index contributed by atoms with van der Waals surface area (Å²) < 4.78 is 22.3. The van der Waals surface area contributed by atoms with Crippen LogP contribution in [-0.2, 0) is 27.3 Å². The number of ether oxygens (including phenoxy) is 1. The third kappa shape index (κ3) is 9.66. The van der Waals surface area contributed by atoms with Crippen molar-refractivity contribution in [3.63, 3.8) is 0 Å². The maximum absolute atomic E-state index is 14.9. The van der Waals surface area contributed by atoms with Gasteiger partial charge in [0.1, 0.15) is 5.82 Å². The molecule has 5 aromatic rings. The summed E-state index contributed by atoms with van der Waals surface area (Å²) >= 11 is 0. The van der Waals surface area contributed by atoms with Crippen molar-refractivity contribution < 1.29 is 28.3 Å². The summed E-state index contributed by atoms with van der Waals surface area (Å²) in [7, 11) is 0. The Balaban J connectivity index is 0.893. The van der Waals surface area contributed by atoms with Gasteiger partial charge >= 0.3 is 0 Å². The molecular weight excluding hydrogens is 723 g/mol. The van der Waals surface area contributed by atoms with E-state index in [0.29, 0.717) is 60.4 Å². The Hall–Kier alpha value is -6.33. The normalized spacial score (nSPS) is 12.8. The Morgan fingerprint density at radius 2 is 1.68 bits per heavy atom. The van der Waals surface area contributed by atoms with Crippen molar-refractivity contribution in [2.24, 2.45) is 0 Å². The van der Waals surface area contributed by atoms with Crippen LogP contribution in [0.3, 0.4) is 0 Å². The van der Waals surface area contributed by atoms with E-state index in [1.54, 1.807) is 52.3 Å². The number of fused-ring (bicyclic) bond motifs is 1. The second-order valence-electron chi connectivity index (χ2n) is 13.1. The van der Waals surface area contributed by atoms with Crippen LogP contribution in [0.2, 0.25) is 0 Å². The van der Waals surface area contributed by atoms with Gasteiger partial charge in [0.15, 0.2) is 5.69 Å². The number of piperazine rings is 1. The highest BCUT2D eigenvalue weighted by Gasteiger charge is 2.26. The number of amides is 4. The number of anilines is 1. The predicted molar refractivity (Wildman–Crippen MR) is 206 cm³/mol. The minimum absolute atomic E-state index is 0.0607. The zero-order valence-electron chi connectivity index (χ0n) is 31.1. The van der Waals surface area contributed by atoms with E-state index in [1.165, 1.54) is 24.0 Å². The molecule has 0 aliphatic carbocycles. The summed E-state index contributed by atoms with van der Waals surface area (Å²) in [6, 6.07) is 13.1. The molecule has 4 amide bonds. The molecule has 1 aliphatic heterocycles. The summed E-state index contributed by atoms with van der Waals surface area (Å²) in [6.07, 6.45) is 5.39. The van der Waals surface area contributed by atoms with Gasteiger partial charge in [0.2, 0.25) is 11.8 Å². The van der Waals surface area contributed by atoms with Crippen molar-refractivity contribution in [2.75, 3.05) is 64.3 Å². The Labute approximate surface area is 321 Å². The topological polar surface area (TPSA) is 197 Å². The van der Waals surface area contributed by atoms with Gasteiger partial charge in [-0.05, 0) is 36.8 Å². The minimum atomic E-state index is -0.638. The number of carbonyl (C=O) groups excluding carboxylic acids is 4. The number of carbonyl (C=O) groups is 4. The number of hydrogen-bond acceptors (Lipinski definition) is 10. The second-order valence-corrected chi connectivity index (χ2v) is 13.1. The Bertz CT molecular complexity index is 2280. The van der Waals surface area contributed by atoms with Crippen LogP contribution in [0.4, 0.5) is 10.1 Å². The molecule has 3 aromatic heterocycles. The highest BCUT2D eigenvalue weighted by Crippen LogP contribution is 2.24. The van der Waals surface area contributed by atoms with E-state index in [1.807, 2.05) is 19.2 Å². The number of aromatic amines is 1. The standard InChI is InChI=1S/C39H43FN10O6/c1-3-50-24-28(22-44-50)27-20-34(45-25(2)51)36(43-21-27)38(54)42-11-17-56-16-10-41-23-35(52)48-12-14-49(15-13-48)39(55)31-18-26(8-9-32(31)40)19-33-29-6-4-5-7-30(29)37(53)47-46-33/h4-9,18,20-22,24,41H,3,10-17,19,23H2,1-2H3,(H,42,54)(H,45,51)(H,47,53). The molecule has 1 aliphatic rings. The van der Waals surface area contributed by atoms with Crippen molar-refractivity contribution in [1.29, 1.82) is 0 Å². The van der Waals surface area contributed by atoms with E-state index in [-0.39, 0.29) is 73.5 Å². The summed E-state index contributed by atoms with van der Waals surface area (Å²) in [6.45, 7) is 6.32. The number of aromatic nitrogens is 5. The first-order chi connectivity index (χ1) is 27.1. The van der Waals surface area contributed by atoms with Gasteiger partial charge in [-0.1, -0.05) is 24.3 Å². The van der Waals surface area contributed by atoms with E-state index in [2.05, 4.69) is 36.2 Å². The molecule has 16 nitrogen and oxygen atoms in total. The van der Waals surface area contributed by atoms with Gasteiger partial charge in [-0.25, -0.2) is 14.5 Å². The minimum Gasteiger partial charge on any atom is -0.378 e. The van der Waals surface area contributed by atoms with Crippen LogP contribution < -0.4 is 21.5 Å². The zero-order valence-corrected chi connectivity index (χ0v) is 31.1. The van der Waals surface area contributed by atoms with E-state index in [0.717, 1.165) is 5.56 Å². The first kappa shape index (κ1) is 39.4. The SMILES string of the molecule is CCn1cc(-c2cnc(C(=O)NCCOCCNCC(=O)N3CCN(C(=O)c4cc(Cc5n[nH]c(=O)c6ccccc56)ccc4F)CC3)c(NC(C)=O)c2)cn1. The Morgan fingerprint density at radius 3 is 2.43 bits per heavy atom. The van der Waals surface area contributed by atoms with Crippen molar-refractivity contribution >= 4 is 40.1 Å². The van der Waals surface area contributed by atoms with Gasteiger partial charge in [0, 0.05) is 88.1 Å². The van der Waals surface area contributed by atoms with E-state index in [9.17, 15) is 28.4 Å². The van der Waals surface area contributed by atoms with E-state index in [4.69, 9.17) is 4.74 Å². The van der Waals surface area contributed by atoms with Crippen LogP contribution in [0, 0.1) is 5.82 Å². The van der Waals surface area contributed by atoms with Crippen LogP contribution in [-0.4, -0.2) is 117 Å². The number of halogens is 1. The lowest BCUT2D eigenvalue weighted by Crippen LogP contribution is -2.52. The number of nitrogens with one attached hydrogen (secondary N) is 4. The zero-order chi connectivity index (χ0) is 39.6. The van der Waals surface area contributed by atoms with Crippen molar-refractivity contribution in [1.82, 2.24) is 45.4 Å². The maximum atomic E-state index is 14.9. The third-order valence-electron chi connectivity index (χ3n) is 9.26. The van der Waals surface area contributed by atoms with E-state index >= 15 is 0 Å². The largest absolute Gasteiger partial charge is 0.378 e. The molecule has 4 N–H and O–H groups in total. The van der Waals surface area contributed by atoms with Gasteiger partial charge in [-0.15, -0.1) is 0 Å². The maximum Gasteiger partial charge on any atom is 0.272 e. The molecule has 0 atom stereocenters. The molecule has 0 bridgehead atoms. The lowest BCUT2D eigenvalue weighted by atomic mass is 10.0. The summed E-state index contributed by atoms with van der Waals surface area (Å²) in [4.78, 5) is 70.5. The van der Waals surface area contributed by atoms with Crippen molar-refractivity contribution in [3.05, 3.63) is 106 Å². The monoisotopic (exact) mass is 766 g/mol. The number of rotatable bonds is 15. The summed E-state index contributed by atoms with van der Waals surface area (Å²) in [5.74, 6) is -2.03. The fourth-order valence-corrected chi connectivity index (χ4v) is 6.32. The molecule has 1 fully saturated rings. The van der Waals surface area contributed by atoms with Crippen LogP contribution in [0.25, 0.3) is 21.9 Å². The summed E-state index contributed by atoms with van der Waals surface area (Å²) in [5.41, 5.74) is 2.78. The van der Waals surface area contributed by atoms with Crippen molar-refractivity contribution in [2.45, 2.75) is 26.8 Å². The quantitative estimate of drug-likeness (QED) is 0.115. The van der Waals surface area contributed by atoms with Gasteiger partial charge in [0.25, 0.3) is 17.4 Å². The molecule has 0 unspecified atom stereocenters. The molecule has 56 heavy (non-hydrogen) atoms. The molecule has 2 aromatic carbocycles. The number of hydrogen-bond donors (Lipinski definition) is 4. The van der Waals surface area contributed by atoms with Crippen LogP contribution in [0.15, 0.2) is 71.9 Å². The fourth-order valence-electron chi connectivity index (χ4n) is 6.32. The molecule has 0 saturated carbocycles. The Morgan fingerprint density at radius 1 is 0.929 bits per heavy atom. The molecule has 0 spiro atoms. The molecular formula is C39H43FN10O6. The van der Waals surface area contributed by atoms with Gasteiger partial charge in [-0.3, -0.25) is 28.7 Å². The predicted octanol–water partition coefficient (Wildman–Crippen LogP) is 2.21. The first-order valence-corrected chi connectivity index (χ1v) is 18.3. The fraction of sp³-hybridized carbons (Fsp3) is 0.333. The van der Waals surface area contributed by atoms with Gasteiger partial charge < -0.3 is 30.5 Å². The second kappa shape index (κ2) is 18.3. The molecule has 6 rings (SSSR count). The summed E-state index contributed by atoms with van der Waals surface area (Å²) in [5, 5.41) is 20.6. The highest BCUT2D eigenvalue weighted by atomic mass is 19.1. The number of aryl methyl sites for hydroxylation is 1. The lowest BCUT2D eigenvalue weighted by Gasteiger charge is -2.35. The van der Waals surface area contributed by atoms with E-state index < -0.39 is 17.6 Å². The van der Waals surface area contributed by atoms with Crippen molar-refractivity contribution in [3.8, 4) is 11.1 Å². The third-order valence-corrected chi connectivity index (χ3v) is 9.26. The van der Waals surface area contributed by atoms with Crippen LogP contribution >= 0.6 is 0 Å². The highest BCUT2D eigenvalue weighted by molar-refractivity contribution is 6.02. The number of benzene rings is 2. The average Bonchev–Trinajstić information content (AvgIpc) is 3.70. The molecule has 1 saturated heterocycles. The first-order valence-electron chi connectivity index (χ1n) is 18.3. The molecule has 17 heteroatoms. The Kier molecular flexibility index (Phi) is 12.9. The van der Waals surface area contributed by atoms with Crippen LogP contribution in [0.1, 0.15) is 46.0 Å². The molecule has 4 heterocycles. The molecule has 292 valence electrons. The van der Waals surface area contributed by atoms with Crippen LogP contribution in [0.5, 0.6) is 0 Å². The van der Waals surface area contributed by atoms with Gasteiger partial charge in [0.05, 0.1) is 48.3 Å². The van der Waals surface area contributed by atoms with Gasteiger partial charge in [-0.2, -0.15) is 10.2 Å². The smallest absolute Gasteiger partial charge is 0.272 e. The lowest BCUT2D eigenvalue weighted by molar-refractivity contribution is -0.131. The molecule has 0 radical (unpaired) electrons. The average molecular weight is 767 g/mol. The number of H-pyrrole nitrogens is 1.